The van der Waals surface area contributed by atoms with Crippen molar-refractivity contribution in [1.82, 2.24) is 20.3 Å². The van der Waals surface area contributed by atoms with Gasteiger partial charge in [-0.15, -0.1) is 16.9 Å². The molecule has 0 aliphatic heterocycles. The van der Waals surface area contributed by atoms with Crippen molar-refractivity contribution in [1.29, 1.82) is 0 Å². The van der Waals surface area contributed by atoms with E-state index in [1.165, 1.54) is 10.5 Å². The molecular formula is C15H22N4S. The lowest BCUT2D eigenvalue weighted by Crippen LogP contribution is -2.22. The number of hydrogen-bond donors (Lipinski definition) is 1. The average Bonchev–Trinajstić information content (AvgIpc) is 2.90. The van der Waals surface area contributed by atoms with E-state index < -0.39 is 0 Å². The van der Waals surface area contributed by atoms with Gasteiger partial charge in [-0.1, -0.05) is 30.3 Å². The van der Waals surface area contributed by atoms with Gasteiger partial charge in [-0.3, -0.25) is 0 Å². The number of benzene rings is 1. The summed E-state index contributed by atoms with van der Waals surface area (Å²) in [7, 11) is 1.99. The number of rotatable bonds is 7. The van der Waals surface area contributed by atoms with Crippen LogP contribution >= 0.6 is 11.8 Å². The molecule has 0 amide bonds. The molecule has 108 valence electrons. The highest BCUT2D eigenvalue weighted by Gasteiger charge is 2.15. The molecule has 2 aromatic rings. The number of thioether (sulfide) groups is 1. The van der Waals surface area contributed by atoms with E-state index in [0.717, 1.165) is 24.4 Å². The van der Waals surface area contributed by atoms with Crippen molar-refractivity contribution in [2.75, 3.05) is 12.8 Å². The topological polar surface area (TPSA) is 42.7 Å². The van der Waals surface area contributed by atoms with E-state index in [0.29, 0.717) is 0 Å². The first-order valence-electron chi connectivity index (χ1n) is 7.00. The lowest BCUT2D eigenvalue weighted by Gasteiger charge is -2.17. The molecule has 2 rings (SSSR count). The molecule has 0 saturated heterocycles. The number of nitrogens with zero attached hydrogens (tertiary/aromatic N) is 3. The van der Waals surface area contributed by atoms with Gasteiger partial charge in [0, 0.05) is 17.2 Å². The molecule has 20 heavy (non-hydrogen) atoms. The summed E-state index contributed by atoms with van der Waals surface area (Å²) in [6, 6.07) is 8.76. The van der Waals surface area contributed by atoms with E-state index in [-0.39, 0.29) is 6.04 Å². The summed E-state index contributed by atoms with van der Waals surface area (Å²) in [4.78, 5) is 1.34. The van der Waals surface area contributed by atoms with Crippen molar-refractivity contribution in [2.45, 2.75) is 37.8 Å². The van der Waals surface area contributed by atoms with Gasteiger partial charge >= 0.3 is 0 Å². The van der Waals surface area contributed by atoms with Gasteiger partial charge in [0.15, 0.2) is 0 Å². The highest BCUT2D eigenvalue weighted by atomic mass is 32.2. The minimum atomic E-state index is 0.265. The van der Waals surface area contributed by atoms with E-state index in [1.807, 2.05) is 29.7 Å². The van der Waals surface area contributed by atoms with Crippen molar-refractivity contribution in [3.05, 3.63) is 41.7 Å². The summed E-state index contributed by atoms with van der Waals surface area (Å²) in [6.45, 7) is 5.23. The molecule has 0 saturated carbocycles. The first-order valence-corrected chi connectivity index (χ1v) is 7.99. The molecule has 0 radical (unpaired) electrons. The van der Waals surface area contributed by atoms with Gasteiger partial charge in [-0.25, -0.2) is 4.68 Å². The largest absolute Gasteiger partial charge is 0.311 e. The minimum Gasteiger partial charge on any atom is -0.311 e. The highest BCUT2D eigenvalue weighted by molar-refractivity contribution is 7.99. The first-order chi connectivity index (χ1) is 9.76. The standard InChI is InChI=1S/C15H22N4S/c1-4-9-19-14(10-17-18-19)13(16-3)11-20-15-8-6-5-7-12(15)2/h5-8,10,13,16H,4,9,11H2,1-3H3. The minimum absolute atomic E-state index is 0.265. The molecule has 1 N–H and O–H groups in total. The number of aryl methyl sites for hydroxylation is 2. The smallest absolute Gasteiger partial charge is 0.0765 e. The Morgan fingerprint density at radius 1 is 1.35 bits per heavy atom. The second kappa shape index (κ2) is 7.45. The molecule has 5 heteroatoms. The Morgan fingerprint density at radius 3 is 2.85 bits per heavy atom. The fourth-order valence-corrected chi connectivity index (χ4v) is 3.28. The summed E-state index contributed by atoms with van der Waals surface area (Å²) in [5.74, 6) is 0.971. The molecule has 1 aromatic carbocycles. The molecule has 1 heterocycles. The maximum Gasteiger partial charge on any atom is 0.0765 e. The molecule has 0 aliphatic carbocycles. The predicted molar refractivity (Wildman–Crippen MR) is 84.0 cm³/mol. The lowest BCUT2D eigenvalue weighted by atomic mass is 10.2. The molecule has 1 aromatic heterocycles. The van der Waals surface area contributed by atoms with Crippen molar-refractivity contribution in [3.8, 4) is 0 Å². The van der Waals surface area contributed by atoms with Crippen molar-refractivity contribution in [3.63, 3.8) is 0 Å². The van der Waals surface area contributed by atoms with Gasteiger partial charge < -0.3 is 5.32 Å². The second-order valence-electron chi connectivity index (χ2n) is 4.80. The Morgan fingerprint density at radius 2 is 2.15 bits per heavy atom. The van der Waals surface area contributed by atoms with E-state index in [1.54, 1.807) is 0 Å². The van der Waals surface area contributed by atoms with Crippen LogP contribution in [0.2, 0.25) is 0 Å². The SMILES string of the molecule is CCCn1nncc1C(CSc1ccccc1C)NC. The third-order valence-corrected chi connectivity index (χ3v) is 4.56. The van der Waals surface area contributed by atoms with Crippen LogP contribution in [0.5, 0.6) is 0 Å². The summed E-state index contributed by atoms with van der Waals surface area (Å²) in [5, 5.41) is 11.6. The lowest BCUT2D eigenvalue weighted by molar-refractivity contribution is 0.514. The van der Waals surface area contributed by atoms with Crippen LogP contribution in [-0.4, -0.2) is 27.8 Å². The monoisotopic (exact) mass is 290 g/mol. The van der Waals surface area contributed by atoms with Crippen molar-refractivity contribution in [2.24, 2.45) is 0 Å². The third kappa shape index (κ3) is 3.61. The van der Waals surface area contributed by atoms with Crippen LogP contribution in [0.4, 0.5) is 0 Å². The zero-order valence-corrected chi connectivity index (χ0v) is 13.2. The zero-order chi connectivity index (χ0) is 14.4. The van der Waals surface area contributed by atoms with E-state index >= 15 is 0 Å². The summed E-state index contributed by atoms with van der Waals surface area (Å²) >= 11 is 1.87. The normalized spacial score (nSPS) is 12.6. The zero-order valence-electron chi connectivity index (χ0n) is 12.3. The van der Waals surface area contributed by atoms with Crippen LogP contribution in [-0.2, 0) is 6.54 Å². The maximum atomic E-state index is 4.16. The average molecular weight is 290 g/mol. The first kappa shape index (κ1) is 15.1. The molecule has 1 unspecified atom stereocenters. The number of nitrogens with one attached hydrogen (secondary N) is 1. The van der Waals surface area contributed by atoms with Gasteiger partial charge in [-0.05, 0) is 32.0 Å². The quantitative estimate of drug-likeness (QED) is 0.796. The molecule has 0 spiro atoms. The molecule has 0 fully saturated rings. The van der Waals surface area contributed by atoms with Crippen LogP contribution in [0.3, 0.4) is 0 Å². The van der Waals surface area contributed by atoms with Crippen molar-refractivity contribution < 1.29 is 0 Å². The summed E-state index contributed by atoms with van der Waals surface area (Å²) in [6.07, 6.45) is 2.94. The number of hydrogen-bond acceptors (Lipinski definition) is 4. The van der Waals surface area contributed by atoms with E-state index in [9.17, 15) is 0 Å². The van der Waals surface area contributed by atoms with Crippen LogP contribution in [0, 0.1) is 6.92 Å². The van der Waals surface area contributed by atoms with Gasteiger partial charge in [0.25, 0.3) is 0 Å². The Kier molecular flexibility index (Phi) is 5.61. The van der Waals surface area contributed by atoms with Crippen LogP contribution in [0.25, 0.3) is 0 Å². The highest BCUT2D eigenvalue weighted by Crippen LogP contribution is 2.26. The van der Waals surface area contributed by atoms with Gasteiger partial charge in [-0.2, -0.15) is 0 Å². The van der Waals surface area contributed by atoms with Crippen LogP contribution < -0.4 is 5.32 Å². The van der Waals surface area contributed by atoms with E-state index in [2.05, 4.69) is 53.7 Å². The fourth-order valence-electron chi connectivity index (χ4n) is 2.13. The summed E-state index contributed by atoms with van der Waals surface area (Å²) in [5.41, 5.74) is 2.49. The molecule has 4 nitrogen and oxygen atoms in total. The van der Waals surface area contributed by atoms with Crippen LogP contribution in [0.1, 0.15) is 30.6 Å². The van der Waals surface area contributed by atoms with Crippen LogP contribution in [0.15, 0.2) is 35.4 Å². The van der Waals surface area contributed by atoms with Crippen molar-refractivity contribution >= 4 is 11.8 Å². The maximum absolute atomic E-state index is 4.16. The molecule has 0 aliphatic rings. The second-order valence-corrected chi connectivity index (χ2v) is 5.86. The number of aromatic nitrogens is 3. The van der Waals surface area contributed by atoms with Gasteiger partial charge in [0.1, 0.15) is 0 Å². The molecule has 0 bridgehead atoms. The predicted octanol–water partition coefficient (Wildman–Crippen LogP) is 3.05. The molecular weight excluding hydrogens is 268 g/mol. The Labute approximate surface area is 125 Å². The Hall–Kier alpha value is -1.33. The molecule has 1 atom stereocenters. The fraction of sp³-hybridized carbons (Fsp3) is 0.467. The van der Waals surface area contributed by atoms with E-state index in [4.69, 9.17) is 0 Å². The van der Waals surface area contributed by atoms with Gasteiger partial charge in [0.2, 0.25) is 0 Å². The Bertz CT molecular complexity index is 538. The van der Waals surface area contributed by atoms with Gasteiger partial charge in [0.05, 0.1) is 17.9 Å². The third-order valence-electron chi connectivity index (χ3n) is 3.29. The summed E-state index contributed by atoms with van der Waals surface area (Å²) < 4.78 is 2.00. The Balaban J connectivity index is 2.06.